The minimum atomic E-state index is 0.584. The van der Waals surface area contributed by atoms with Crippen LogP contribution in [0, 0.1) is 5.92 Å². The summed E-state index contributed by atoms with van der Waals surface area (Å²) in [5.41, 5.74) is 0. The molecule has 2 heteroatoms. The van der Waals surface area contributed by atoms with Gasteiger partial charge in [-0.15, -0.1) is 0 Å². The molecule has 2 aliphatic rings. The lowest BCUT2D eigenvalue weighted by Crippen LogP contribution is -2.21. The SMILES string of the molecule is IC1CCCC1OCCC1CCC1. The number of hydrogen-bond donors (Lipinski definition) is 0. The van der Waals surface area contributed by atoms with Crippen molar-refractivity contribution in [1.29, 1.82) is 0 Å². The van der Waals surface area contributed by atoms with Crippen LogP contribution in [0.1, 0.15) is 44.9 Å². The second-order valence-corrected chi connectivity index (χ2v) is 6.04. The second kappa shape index (κ2) is 4.96. The molecule has 0 aliphatic heterocycles. The monoisotopic (exact) mass is 294 g/mol. The van der Waals surface area contributed by atoms with Crippen molar-refractivity contribution in [3.05, 3.63) is 0 Å². The van der Waals surface area contributed by atoms with E-state index in [9.17, 15) is 0 Å². The summed E-state index contributed by atoms with van der Waals surface area (Å²) in [5.74, 6) is 1.01. The Balaban J connectivity index is 1.56. The first-order valence-corrected chi connectivity index (χ1v) is 6.86. The molecule has 0 aromatic rings. The van der Waals surface area contributed by atoms with Gasteiger partial charge in [-0.2, -0.15) is 0 Å². The molecule has 0 spiro atoms. The third-order valence-electron chi connectivity index (χ3n) is 3.45. The second-order valence-electron chi connectivity index (χ2n) is 4.44. The van der Waals surface area contributed by atoms with Crippen molar-refractivity contribution < 1.29 is 4.74 Å². The van der Waals surface area contributed by atoms with Crippen LogP contribution in [-0.2, 0) is 4.74 Å². The fraction of sp³-hybridized carbons (Fsp3) is 1.00. The zero-order valence-corrected chi connectivity index (χ0v) is 10.3. The van der Waals surface area contributed by atoms with E-state index in [0.29, 0.717) is 6.10 Å². The fourth-order valence-corrected chi connectivity index (χ4v) is 3.24. The summed E-state index contributed by atoms with van der Waals surface area (Å²) >= 11 is 2.55. The van der Waals surface area contributed by atoms with Crippen molar-refractivity contribution in [1.82, 2.24) is 0 Å². The molecule has 0 radical (unpaired) electrons. The Morgan fingerprint density at radius 3 is 2.38 bits per heavy atom. The summed E-state index contributed by atoms with van der Waals surface area (Å²) in [6.07, 6.45) is 10.3. The molecule has 76 valence electrons. The molecular formula is C11H19IO. The molecule has 0 aromatic heterocycles. The number of ether oxygens (including phenoxy) is 1. The van der Waals surface area contributed by atoms with Gasteiger partial charge >= 0.3 is 0 Å². The lowest BCUT2D eigenvalue weighted by molar-refractivity contribution is 0.0476. The summed E-state index contributed by atoms with van der Waals surface area (Å²) in [4.78, 5) is 0. The predicted octanol–water partition coefficient (Wildman–Crippen LogP) is 3.55. The number of rotatable bonds is 4. The third-order valence-corrected chi connectivity index (χ3v) is 4.88. The Labute approximate surface area is 94.8 Å². The summed E-state index contributed by atoms with van der Waals surface area (Å²) in [6.45, 7) is 1.02. The van der Waals surface area contributed by atoms with Gasteiger partial charge in [-0.1, -0.05) is 41.9 Å². The molecule has 2 unspecified atom stereocenters. The van der Waals surface area contributed by atoms with Crippen molar-refractivity contribution in [2.75, 3.05) is 6.61 Å². The lowest BCUT2D eigenvalue weighted by Gasteiger charge is -2.26. The summed E-state index contributed by atoms with van der Waals surface area (Å²) < 4.78 is 6.70. The van der Waals surface area contributed by atoms with Crippen LogP contribution < -0.4 is 0 Å². The van der Waals surface area contributed by atoms with Gasteiger partial charge in [0.25, 0.3) is 0 Å². The van der Waals surface area contributed by atoms with Gasteiger partial charge in [0.1, 0.15) is 0 Å². The van der Waals surface area contributed by atoms with Gasteiger partial charge < -0.3 is 4.74 Å². The van der Waals surface area contributed by atoms with Crippen LogP contribution in [0.5, 0.6) is 0 Å². The smallest absolute Gasteiger partial charge is 0.0692 e. The maximum absolute atomic E-state index is 5.91. The molecule has 13 heavy (non-hydrogen) atoms. The minimum Gasteiger partial charge on any atom is -0.377 e. The zero-order valence-electron chi connectivity index (χ0n) is 8.18. The van der Waals surface area contributed by atoms with E-state index >= 15 is 0 Å². The summed E-state index contributed by atoms with van der Waals surface area (Å²) in [6, 6.07) is 0. The zero-order chi connectivity index (χ0) is 9.10. The van der Waals surface area contributed by atoms with Crippen molar-refractivity contribution in [3.63, 3.8) is 0 Å². The Morgan fingerprint density at radius 1 is 1.08 bits per heavy atom. The van der Waals surface area contributed by atoms with Gasteiger partial charge in [0.2, 0.25) is 0 Å². The standard InChI is InChI=1S/C11H19IO/c12-10-5-2-6-11(10)13-8-7-9-3-1-4-9/h9-11H,1-8H2. The molecule has 2 fully saturated rings. The van der Waals surface area contributed by atoms with Crippen LogP contribution in [-0.4, -0.2) is 16.6 Å². The van der Waals surface area contributed by atoms with Crippen molar-refractivity contribution in [2.24, 2.45) is 5.92 Å². The van der Waals surface area contributed by atoms with E-state index in [1.165, 1.54) is 44.9 Å². The molecule has 2 saturated carbocycles. The Morgan fingerprint density at radius 2 is 1.85 bits per heavy atom. The van der Waals surface area contributed by atoms with Gasteiger partial charge in [0.05, 0.1) is 6.10 Å². The first-order chi connectivity index (χ1) is 6.36. The molecule has 0 N–H and O–H groups in total. The summed E-state index contributed by atoms with van der Waals surface area (Å²) in [5, 5.41) is 0. The molecule has 0 bridgehead atoms. The van der Waals surface area contributed by atoms with E-state index in [0.717, 1.165) is 16.4 Å². The molecule has 1 nitrogen and oxygen atoms in total. The quantitative estimate of drug-likeness (QED) is 0.569. The highest BCUT2D eigenvalue weighted by Crippen LogP contribution is 2.31. The average molecular weight is 294 g/mol. The van der Waals surface area contributed by atoms with E-state index < -0.39 is 0 Å². The van der Waals surface area contributed by atoms with Crippen LogP contribution >= 0.6 is 22.6 Å². The van der Waals surface area contributed by atoms with Gasteiger partial charge in [-0.05, 0) is 31.6 Å². The molecule has 0 aromatic carbocycles. The fourth-order valence-electron chi connectivity index (χ4n) is 2.24. The van der Waals surface area contributed by atoms with Gasteiger partial charge in [-0.3, -0.25) is 0 Å². The largest absolute Gasteiger partial charge is 0.377 e. The van der Waals surface area contributed by atoms with Crippen LogP contribution in [0.3, 0.4) is 0 Å². The Hall–Kier alpha value is 0.690. The average Bonchev–Trinajstić information content (AvgIpc) is 2.42. The normalized spacial score (nSPS) is 34.8. The van der Waals surface area contributed by atoms with E-state index in [4.69, 9.17) is 4.74 Å². The van der Waals surface area contributed by atoms with Crippen molar-refractivity contribution >= 4 is 22.6 Å². The van der Waals surface area contributed by atoms with E-state index in [1.807, 2.05) is 0 Å². The minimum absolute atomic E-state index is 0.584. The number of alkyl halides is 1. The molecule has 2 rings (SSSR count). The molecule has 2 aliphatic carbocycles. The highest BCUT2D eigenvalue weighted by molar-refractivity contribution is 14.1. The highest BCUT2D eigenvalue weighted by Gasteiger charge is 2.25. The van der Waals surface area contributed by atoms with Gasteiger partial charge in [-0.25, -0.2) is 0 Å². The first-order valence-electron chi connectivity index (χ1n) is 5.62. The maximum atomic E-state index is 5.91. The van der Waals surface area contributed by atoms with Crippen LogP contribution in [0.15, 0.2) is 0 Å². The van der Waals surface area contributed by atoms with Crippen molar-refractivity contribution in [2.45, 2.75) is 55.0 Å². The van der Waals surface area contributed by atoms with Gasteiger partial charge in [0.15, 0.2) is 0 Å². The molecular weight excluding hydrogens is 275 g/mol. The van der Waals surface area contributed by atoms with E-state index in [1.54, 1.807) is 0 Å². The van der Waals surface area contributed by atoms with Crippen LogP contribution in [0.4, 0.5) is 0 Å². The van der Waals surface area contributed by atoms with E-state index in [2.05, 4.69) is 22.6 Å². The third kappa shape index (κ3) is 2.82. The molecule has 0 amide bonds. The number of halogens is 1. The molecule has 2 atom stereocenters. The highest BCUT2D eigenvalue weighted by atomic mass is 127. The topological polar surface area (TPSA) is 9.23 Å². The first kappa shape index (κ1) is 10.2. The Kier molecular flexibility index (Phi) is 3.90. The Bertz CT molecular complexity index is 156. The maximum Gasteiger partial charge on any atom is 0.0692 e. The number of hydrogen-bond acceptors (Lipinski definition) is 1. The van der Waals surface area contributed by atoms with E-state index in [-0.39, 0.29) is 0 Å². The summed E-state index contributed by atoms with van der Waals surface area (Å²) in [7, 11) is 0. The molecule has 0 saturated heterocycles. The van der Waals surface area contributed by atoms with Gasteiger partial charge in [0, 0.05) is 10.5 Å². The van der Waals surface area contributed by atoms with Crippen LogP contribution in [0.25, 0.3) is 0 Å². The van der Waals surface area contributed by atoms with Crippen molar-refractivity contribution in [3.8, 4) is 0 Å². The lowest BCUT2D eigenvalue weighted by atomic mass is 9.83. The predicted molar refractivity (Wildman–Crippen MR) is 63.4 cm³/mol. The van der Waals surface area contributed by atoms with Crippen LogP contribution in [0.2, 0.25) is 0 Å². The molecule has 0 heterocycles.